The minimum atomic E-state index is -0.262. The van der Waals surface area contributed by atoms with Crippen molar-refractivity contribution >= 4 is 34.7 Å². The average Bonchev–Trinajstić information content (AvgIpc) is 2.66. The SMILES string of the molecule is Cc1ccc(C)c(Nc2ccc(NC(=O)COc3ccc(Cl)cc3)cn2)c1. The summed E-state index contributed by atoms with van der Waals surface area (Å²) in [5.74, 6) is 1.03. The van der Waals surface area contributed by atoms with Crippen LogP contribution in [0.5, 0.6) is 5.75 Å². The van der Waals surface area contributed by atoms with Gasteiger partial charge in [0.2, 0.25) is 0 Å². The molecule has 2 N–H and O–H groups in total. The molecule has 3 aromatic rings. The molecular weight excluding hydrogens is 362 g/mol. The zero-order valence-electron chi connectivity index (χ0n) is 15.1. The van der Waals surface area contributed by atoms with E-state index in [0.717, 1.165) is 11.3 Å². The lowest BCUT2D eigenvalue weighted by atomic mass is 10.1. The number of carbonyl (C=O) groups is 1. The molecule has 0 bridgehead atoms. The van der Waals surface area contributed by atoms with Crippen molar-refractivity contribution in [1.29, 1.82) is 0 Å². The van der Waals surface area contributed by atoms with Crippen LogP contribution in [0.15, 0.2) is 60.8 Å². The number of benzene rings is 2. The zero-order valence-corrected chi connectivity index (χ0v) is 15.9. The molecular formula is C21H20ClN3O2. The molecule has 0 aliphatic carbocycles. The molecule has 0 unspecified atom stereocenters. The first-order valence-electron chi connectivity index (χ1n) is 8.48. The standard InChI is InChI=1S/C21H20ClN3O2/c1-14-3-4-15(2)19(11-14)25-20-10-7-17(12-23-20)24-21(26)13-27-18-8-5-16(22)6-9-18/h3-12H,13H2,1-2H3,(H,23,25)(H,24,26). The van der Waals surface area contributed by atoms with Crippen LogP contribution in [0.1, 0.15) is 11.1 Å². The summed E-state index contributed by atoms with van der Waals surface area (Å²) >= 11 is 5.81. The number of nitrogens with zero attached hydrogens (tertiary/aromatic N) is 1. The van der Waals surface area contributed by atoms with E-state index in [4.69, 9.17) is 16.3 Å². The van der Waals surface area contributed by atoms with Gasteiger partial charge in [0.25, 0.3) is 5.91 Å². The summed E-state index contributed by atoms with van der Waals surface area (Å²) in [5, 5.41) is 6.66. The summed E-state index contributed by atoms with van der Waals surface area (Å²) in [7, 11) is 0. The summed E-state index contributed by atoms with van der Waals surface area (Å²) < 4.78 is 5.42. The third-order valence-corrected chi connectivity index (χ3v) is 4.14. The molecule has 0 aliphatic rings. The van der Waals surface area contributed by atoms with Gasteiger partial charge in [-0.25, -0.2) is 4.98 Å². The first-order chi connectivity index (χ1) is 13.0. The fraction of sp³-hybridized carbons (Fsp3) is 0.143. The van der Waals surface area contributed by atoms with E-state index in [1.54, 1.807) is 36.5 Å². The summed E-state index contributed by atoms with van der Waals surface area (Å²) in [6.07, 6.45) is 1.60. The molecule has 0 spiro atoms. The van der Waals surface area contributed by atoms with Crippen molar-refractivity contribution < 1.29 is 9.53 Å². The molecule has 0 saturated heterocycles. The first kappa shape index (κ1) is 18.7. The van der Waals surface area contributed by atoms with E-state index in [9.17, 15) is 4.79 Å². The highest BCUT2D eigenvalue weighted by molar-refractivity contribution is 6.30. The number of anilines is 3. The van der Waals surface area contributed by atoms with Crippen LogP contribution in [-0.4, -0.2) is 17.5 Å². The fourth-order valence-electron chi connectivity index (χ4n) is 2.43. The molecule has 6 heteroatoms. The maximum Gasteiger partial charge on any atom is 0.262 e. The molecule has 0 radical (unpaired) electrons. The molecule has 1 aromatic heterocycles. The monoisotopic (exact) mass is 381 g/mol. The van der Waals surface area contributed by atoms with E-state index >= 15 is 0 Å². The van der Waals surface area contributed by atoms with Gasteiger partial charge in [0.15, 0.2) is 6.61 Å². The van der Waals surface area contributed by atoms with Crippen LogP contribution < -0.4 is 15.4 Å². The second-order valence-corrected chi connectivity index (χ2v) is 6.60. The fourth-order valence-corrected chi connectivity index (χ4v) is 2.55. The normalized spacial score (nSPS) is 10.3. The van der Waals surface area contributed by atoms with Gasteiger partial charge in [0, 0.05) is 10.7 Å². The molecule has 0 atom stereocenters. The minimum Gasteiger partial charge on any atom is -0.484 e. The van der Waals surface area contributed by atoms with Gasteiger partial charge in [0.1, 0.15) is 11.6 Å². The number of nitrogens with one attached hydrogen (secondary N) is 2. The number of carbonyl (C=O) groups excluding carboxylic acids is 1. The predicted molar refractivity (Wildman–Crippen MR) is 109 cm³/mol. The Kier molecular flexibility index (Phi) is 5.94. The van der Waals surface area contributed by atoms with E-state index in [2.05, 4.69) is 33.8 Å². The van der Waals surface area contributed by atoms with Crippen LogP contribution in [0.4, 0.5) is 17.2 Å². The molecule has 5 nitrogen and oxygen atoms in total. The molecule has 1 heterocycles. The number of amides is 1. The number of pyridine rings is 1. The van der Waals surface area contributed by atoms with Gasteiger partial charge in [-0.05, 0) is 67.4 Å². The Morgan fingerprint density at radius 2 is 1.85 bits per heavy atom. The van der Waals surface area contributed by atoms with E-state index in [0.29, 0.717) is 22.3 Å². The van der Waals surface area contributed by atoms with Gasteiger partial charge in [0.05, 0.1) is 11.9 Å². The zero-order chi connectivity index (χ0) is 19.2. The van der Waals surface area contributed by atoms with Crippen molar-refractivity contribution in [1.82, 2.24) is 4.98 Å². The van der Waals surface area contributed by atoms with Crippen molar-refractivity contribution in [2.75, 3.05) is 17.2 Å². The van der Waals surface area contributed by atoms with Gasteiger partial charge in [-0.15, -0.1) is 0 Å². The van der Waals surface area contributed by atoms with Crippen LogP contribution in [0.3, 0.4) is 0 Å². The number of hydrogen-bond donors (Lipinski definition) is 2. The van der Waals surface area contributed by atoms with Crippen molar-refractivity contribution in [3.05, 3.63) is 76.9 Å². The highest BCUT2D eigenvalue weighted by Crippen LogP contribution is 2.21. The Morgan fingerprint density at radius 3 is 2.56 bits per heavy atom. The number of halogens is 1. The molecule has 3 rings (SSSR count). The minimum absolute atomic E-state index is 0.0931. The highest BCUT2D eigenvalue weighted by Gasteiger charge is 2.05. The van der Waals surface area contributed by atoms with Gasteiger partial charge < -0.3 is 15.4 Å². The Morgan fingerprint density at radius 1 is 1.07 bits per heavy atom. The van der Waals surface area contributed by atoms with Crippen molar-refractivity contribution in [2.45, 2.75) is 13.8 Å². The smallest absolute Gasteiger partial charge is 0.262 e. The van der Waals surface area contributed by atoms with Gasteiger partial charge in [-0.2, -0.15) is 0 Å². The van der Waals surface area contributed by atoms with Gasteiger partial charge in [-0.1, -0.05) is 23.7 Å². The van der Waals surface area contributed by atoms with E-state index < -0.39 is 0 Å². The maximum atomic E-state index is 12.0. The number of aromatic nitrogens is 1. The van der Waals surface area contributed by atoms with E-state index in [1.807, 2.05) is 19.9 Å². The Bertz CT molecular complexity index is 925. The van der Waals surface area contributed by atoms with Crippen LogP contribution in [0, 0.1) is 13.8 Å². The van der Waals surface area contributed by atoms with Crippen LogP contribution in [0.25, 0.3) is 0 Å². The summed E-state index contributed by atoms with van der Waals surface area (Å²) in [5.41, 5.74) is 3.92. The second kappa shape index (κ2) is 8.56. The lowest BCUT2D eigenvalue weighted by Gasteiger charge is -2.11. The summed E-state index contributed by atoms with van der Waals surface area (Å²) in [6.45, 7) is 3.99. The number of ether oxygens (including phenoxy) is 1. The lowest BCUT2D eigenvalue weighted by Crippen LogP contribution is -2.20. The van der Waals surface area contributed by atoms with E-state index in [-0.39, 0.29) is 12.5 Å². The Labute approximate surface area is 163 Å². The lowest BCUT2D eigenvalue weighted by molar-refractivity contribution is -0.118. The van der Waals surface area contributed by atoms with Crippen LogP contribution >= 0.6 is 11.6 Å². The molecule has 1 amide bonds. The first-order valence-corrected chi connectivity index (χ1v) is 8.86. The highest BCUT2D eigenvalue weighted by atomic mass is 35.5. The summed E-state index contributed by atoms with van der Waals surface area (Å²) in [4.78, 5) is 16.3. The molecule has 27 heavy (non-hydrogen) atoms. The van der Waals surface area contributed by atoms with Crippen LogP contribution in [-0.2, 0) is 4.79 Å². The average molecular weight is 382 g/mol. The topological polar surface area (TPSA) is 63.2 Å². The van der Waals surface area contributed by atoms with Gasteiger partial charge >= 0.3 is 0 Å². The second-order valence-electron chi connectivity index (χ2n) is 6.17. The number of aryl methyl sites for hydroxylation is 2. The molecule has 2 aromatic carbocycles. The molecule has 138 valence electrons. The molecule has 0 aliphatic heterocycles. The van der Waals surface area contributed by atoms with Crippen molar-refractivity contribution in [2.24, 2.45) is 0 Å². The van der Waals surface area contributed by atoms with E-state index in [1.165, 1.54) is 5.56 Å². The predicted octanol–water partition coefficient (Wildman–Crippen LogP) is 5.11. The third-order valence-electron chi connectivity index (χ3n) is 3.89. The Balaban J connectivity index is 1.54. The molecule has 0 fully saturated rings. The van der Waals surface area contributed by atoms with Crippen molar-refractivity contribution in [3.8, 4) is 5.75 Å². The quantitative estimate of drug-likeness (QED) is 0.622. The van der Waals surface area contributed by atoms with Crippen LogP contribution in [0.2, 0.25) is 5.02 Å². The summed E-state index contributed by atoms with van der Waals surface area (Å²) in [6, 6.07) is 16.7. The Hall–Kier alpha value is -3.05. The molecule has 0 saturated carbocycles. The maximum absolute atomic E-state index is 12.0. The van der Waals surface area contributed by atoms with Crippen molar-refractivity contribution in [3.63, 3.8) is 0 Å². The number of rotatable bonds is 6. The number of hydrogen-bond acceptors (Lipinski definition) is 4. The third kappa shape index (κ3) is 5.46. The largest absolute Gasteiger partial charge is 0.484 e. The van der Waals surface area contributed by atoms with Gasteiger partial charge in [-0.3, -0.25) is 4.79 Å².